The number of carbonyl (C=O) groups is 1. The molecular formula is C11H14NO3-. The topological polar surface area (TPSA) is 75.4 Å². The zero-order valence-corrected chi connectivity index (χ0v) is 8.39. The first kappa shape index (κ1) is 11.7. The minimum atomic E-state index is -1.15. The van der Waals surface area contributed by atoms with Gasteiger partial charge in [0.05, 0.1) is 13.2 Å². The lowest BCUT2D eigenvalue weighted by Crippen LogP contribution is -2.35. The third kappa shape index (κ3) is 5.15. The number of benzene rings is 1. The van der Waals surface area contributed by atoms with Gasteiger partial charge in [-0.3, -0.25) is 0 Å². The second kappa shape index (κ2) is 6.16. The number of aliphatic carboxylic acids is 1. The standard InChI is InChI=1S/C11H15NO3/c12-10(6-11(13)14)8-15-7-9-4-2-1-3-5-9/h1-5,10H,6-8,12H2,(H,13,14)/p-1. The van der Waals surface area contributed by atoms with Crippen LogP contribution in [0.4, 0.5) is 0 Å². The van der Waals surface area contributed by atoms with Crippen LogP contribution in [0.25, 0.3) is 0 Å². The number of hydrogen-bond acceptors (Lipinski definition) is 4. The van der Waals surface area contributed by atoms with E-state index in [9.17, 15) is 9.90 Å². The Kier molecular flexibility index (Phi) is 4.80. The first-order chi connectivity index (χ1) is 7.18. The van der Waals surface area contributed by atoms with Crippen LogP contribution in [0.15, 0.2) is 30.3 Å². The van der Waals surface area contributed by atoms with E-state index in [2.05, 4.69) is 0 Å². The van der Waals surface area contributed by atoms with Gasteiger partial charge in [0.2, 0.25) is 0 Å². The minimum Gasteiger partial charge on any atom is -0.550 e. The van der Waals surface area contributed by atoms with E-state index in [1.54, 1.807) is 0 Å². The van der Waals surface area contributed by atoms with Crippen molar-refractivity contribution in [2.75, 3.05) is 6.61 Å². The summed E-state index contributed by atoms with van der Waals surface area (Å²) in [4.78, 5) is 10.2. The lowest BCUT2D eigenvalue weighted by Gasteiger charge is -2.12. The zero-order chi connectivity index (χ0) is 11.1. The van der Waals surface area contributed by atoms with Crippen LogP contribution in [0.2, 0.25) is 0 Å². The molecule has 0 saturated heterocycles. The fraction of sp³-hybridized carbons (Fsp3) is 0.364. The summed E-state index contributed by atoms with van der Waals surface area (Å²) in [6.07, 6.45) is -0.172. The van der Waals surface area contributed by atoms with Gasteiger partial charge in [-0.2, -0.15) is 0 Å². The summed E-state index contributed by atoms with van der Waals surface area (Å²) in [7, 11) is 0. The van der Waals surface area contributed by atoms with Gasteiger partial charge in [-0.05, 0) is 5.56 Å². The van der Waals surface area contributed by atoms with E-state index >= 15 is 0 Å². The molecular weight excluding hydrogens is 194 g/mol. The highest BCUT2D eigenvalue weighted by Crippen LogP contribution is 2.01. The molecule has 1 aromatic rings. The van der Waals surface area contributed by atoms with Crippen molar-refractivity contribution in [1.82, 2.24) is 0 Å². The molecule has 0 aliphatic rings. The predicted octanol–water partition coefficient (Wildman–Crippen LogP) is -0.330. The van der Waals surface area contributed by atoms with Crippen LogP contribution >= 0.6 is 0 Å². The molecule has 0 aromatic heterocycles. The van der Waals surface area contributed by atoms with Gasteiger partial charge in [0.15, 0.2) is 0 Å². The molecule has 2 N–H and O–H groups in total. The van der Waals surface area contributed by atoms with Gasteiger partial charge in [0.1, 0.15) is 0 Å². The summed E-state index contributed by atoms with van der Waals surface area (Å²) in [5.41, 5.74) is 6.53. The predicted molar refractivity (Wildman–Crippen MR) is 53.7 cm³/mol. The minimum absolute atomic E-state index is 0.172. The summed E-state index contributed by atoms with van der Waals surface area (Å²) in [5, 5.41) is 10.2. The average molecular weight is 208 g/mol. The molecule has 15 heavy (non-hydrogen) atoms. The number of rotatable bonds is 6. The van der Waals surface area contributed by atoms with Crippen LogP contribution in [-0.4, -0.2) is 18.6 Å². The van der Waals surface area contributed by atoms with E-state index in [-0.39, 0.29) is 13.0 Å². The smallest absolute Gasteiger partial charge is 0.0717 e. The van der Waals surface area contributed by atoms with Crippen LogP contribution in [-0.2, 0) is 16.1 Å². The summed E-state index contributed by atoms with van der Waals surface area (Å²) >= 11 is 0. The van der Waals surface area contributed by atoms with Crippen molar-refractivity contribution in [3.63, 3.8) is 0 Å². The van der Waals surface area contributed by atoms with Crippen molar-refractivity contribution in [3.8, 4) is 0 Å². The summed E-state index contributed by atoms with van der Waals surface area (Å²) in [5.74, 6) is -1.15. The van der Waals surface area contributed by atoms with Gasteiger partial charge in [-0.15, -0.1) is 0 Å². The summed E-state index contributed by atoms with van der Waals surface area (Å²) in [6, 6.07) is 9.12. The molecule has 1 unspecified atom stereocenters. The maximum absolute atomic E-state index is 10.2. The van der Waals surface area contributed by atoms with Crippen LogP contribution in [0, 0.1) is 0 Å². The maximum Gasteiger partial charge on any atom is 0.0717 e. The summed E-state index contributed by atoms with van der Waals surface area (Å²) < 4.78 is 5.27. The number of carboxylic acid groups (broad SMARTS) is 1. The SMILES string of the molecule is NC(COCc1ccccc1)CC(=O)[O-]. The van der Waals surface area contributed by atoms with Gasteiger partial charge in [-0.25, -0.2) is 0 Å². The molecule has 0 spiro atoms. The first-order valence-corrected chi connectivity index (χ1v) is 4.75. The third-order valence-corrected chi connectivity index (χ3v) is 1.87. The van der Waals surface area contributed by atoms with E-state index in [1.807, 2.05) is 30.3 Å². The molecule has 1 atom stereocenters. The highest BCUT2D eigenvalue weighted by Gasteiger charge is 2.02. The van der Waals surface area contributed by atoms with Crippen molar-refractivity contribution in [1.29, 1.82) is 0 Å². The van der Waals surface area contributed by atoms with Gasteiger partial charge in [-0.1, -0.05) is 30.3 Å². The highest BCUT2D eigenvalue weighted by atomic mass is 16.5. The number of nitrogens with two attached hydrogens (primary N) is 1. The molecule has 4 nitrogen and oxygen atoms in total. The van der Waals surface area contributed by atoms with Crippen LogP contribution < -0.4 is 10.8 Å². The van der Waals surface area contributed by atoms with Crippen LogP contribution in [0.3, 0.4) is 0 Å². The Morgan fingerprint density at radius 3 is 2.67 bits per heavy atom. The highest BCUT2D eigenvalue weighted by molar-refractivity contribution is 5.64. The molecule has 0 aliphatic carbocycles. The number of carbonyl (C=O) groups excluding carboxylic acids is 1. The van der Waals surface area contributed by atoms with Crippen molar-refractivity contribution >= 4 is 5.97 Å². The monoisotopic (exact) mass is 208 g/mol. The fourth-order valence-electron chi connectivity index (χ4n) is 1.18. The number of hydrogen-bond donors (Lipinski definition) is 1. The molecule has 1 rings (SSSR count). The Hall–Kier alpha value is -1.39. The lowest BCUT2D eigenvalue weighted by atomic mass is 10.2. The second-order valence-corrected chi connectivity index (χ2v) is 3.34. The van der Waals surface area contributed by atoms with Gasteiger partial charge in [0.25, 0.3) is 0 Å². The number of ether oxygens (including phenoxy) is 1. The Morgan fingerprint density at radius 1 is 1.40 bits per heavy atom. The fourth-order valence-corrected chi connectivity index (χ4v) is 1.18. The molecule has 4 heteroatoms. The van der Waals surface area contributed by atoms with E-state index < -0.39 is 12.0 Å². The van der Waals surface area contributed by atoms with E-state index in [1.165, 1.54) is 0 Å². The zero-order valence-electron chi connectivity index (χ0n) is 8.39. The van der Waals surface area contributed by atoms with Crippen LogP contribution in [0.5, 0.6) is 0 Å². The van der Waals surface area contributed by atoms with E-state index in [0.717, 1.165) is 5.56 Å². The normalized spacial score (nSPS) is 12.3. The van der Waals surface area contributed by atoms with E-state index in [4.69, 9.17) is 10.5 Å². The van der Waals surface area contributed by atoms with E-state index in [0.29, 0.717) is 6.61 Å². The maximum atomic E-state index is 10.2. The molecule has 82 valence electrons. The van der Waals surface area contributed by atoms with Crippen molar-refractivity contribution in [2.24, 2.45) is 5.73 Å². The Morgan fingerprint density at radius 2 is 2.07 bits per heavy atom. The molecule has 0 bridgehead atoms. The molecule has 0 amide bonds. The molecule has 0 fully saturated rings. The van der Waals surface area contributed by atoms with Crippen molar-refractivity contribution in [2.45, 2.75) is 19.1 Å². The quantitative estimate of drug-likeness (QED) is 0.694. The molecule has 0 aliphatic heterocycles. The lowest BCUT2D eigenvalue weighted by molar-refractivity contribution is -0.306. The average Bonchev–Trinajstić information content (AvgIpc) is 2.18. The molecule has 0 radical (unpaired) electrons. The largest absolute Gasteiger partial charge is 0.550 e. The van der Waals surface area contributed by atoms with Gasteiger partial charge >= 0.3 is 0 Å². The van der Waals surface area contributed by atoms with Crippen molar-refractivity contribution < 1.29 is 14.6 Å². The Bertz CT molecular complexity index is 300. The summed E-state index contributed by atoms with van der Waals surface area (Å²) in [6.45, 7) is 0.671. The first-order valence-electron chi connectivity index (χ1n) is 4.75. The van der Waals surface area contributed by atoms with Crippen LogP contribution in [0.1, 0.15) is 12.0 Å². The van der Waals surface area contributed by atoms with Gasteiger partial charge in [0, 0.05) is 18.4 Å². The Balaban J connectivity index is 2.19. The third-order valence-electron chi connectivity index (χ3n) is 1.87. The van der Waals surface area contributed by atoms with Crippen molar-refractivity contribution in [3.05, 3.63) is 35.9 Å². The number of carboxylic acids is 1. The Labute approximate surface area is 88.7 Å². The second-order valence-electron chi connectivity index (χ2n) is 3.34. The molecule has 0 heterocycles. The molecule has 1 aromatic carbocycles. The molecule has 0 saturated carbocycles. The van der Waals surface area contributed by atoms with Gasteiger partial charge < -0.3 is 20.4 Å².